The molecule has 0 aliphatic carbocycles. The molecule has 4 aromatic rings. The fourth-order valence-corrected chi connectivity index (χ4v) is 6.97. The second-order valence-electron chi connectivity index (χ2n) is 10.6. The van der Waals surface area contributed by atoms with Gasteiger partial charge in [0.25, 0.3) is 0 Å². The van der Waals surface area contributed by atoms with Crippen molar-refractivity contribution >= 4 is 33.5 Å². The summed E-state index contributed by atoms with van der Waals surface area (Å²) < 4.78 is 43.8. The average molecular weight is 574 g/mol. The van der Waals surface area contributed by atoms with Crippen LogP contribution in [0, 0.1) is 11.7 Å². The molecule has 0 fully saturated rings. The number of para-hydroxylation sites is 2. The van der Waals surface area contributed by atoms with Crippen molar-refractivity contribution in [2.75, 3.05) is 23.8 Å². The highest BCUT2D eigenvalue weighted by Crippen LogP contribution is 2.47. The number of anilines is 3. The van der Waals surface area contributed by atoms with Crippen molar-refractivity contribution in [3.63, 3.8) is 0 Å². The number of benzene rings is 4. The Morgan fingerprint density at radius 3 is 2.34 bits per heavy atom. The summed E-state index contributed by atoms with van der Waals surface area (Å²) in [6, 6.07) is 23.4. The minimum Gasteiger partial charge on any atom is -0.505 e. The lowest BCUT2D eigenvalue weighted by Gasteiger charge is -2.30. The molecule has 1 heterocycles. The van der Waals surface area contributed by atoms with E-state index in [9.17, 15) is 22.7 Å². The highest BCUT2D eigenvalue weighted by atomic mass is 32.2. The van der Waals surface area contributed by atoms with E-state index in [0.29, 0.717) is 47.3 Å². The van der Waals surface area contributed by atoms with E-state index in [1.807, 2.05) is 35.2 Å². The van der Waals surface area contributed by atoms with Crippen LogP contribution in [0.4, 0.5) is 21.5 Å². The second-order valence-corrected chi connectivity index (χ2v) is 12.6. The van der Waals surface area contributed by atoms with Crippen LogP contribution in [-0.4, -0.2) is 43.9 Å². The van der Waals surface area contributed by atoms with Crippen molar-refractivity contribution in [3.8, 4) is 28.0 Å². The molecule has 0 saturated carbocycles. The van der Waals surface area contributed by atoms with Crippen molar-refractivity contribution in [3.05, 3.63) is 90.7 Å². The number of phenols is 1. The first-order chi connectivity index (χ1) is 19.6. The summed E-state index contributed by atoms with van der Waals surface area (Å²) in [5.41, 5.74) is 3.49. The number of aromatic hydroxyl groups is 1. The fraction of sp³-hybridized carbons (Fsp3) is 0.219. The topological polar surface area (TPSA) is 90.0 Å². The first kappa shape index (κ1) is 28.3. The van der Waals surface area contributed by atoms with Gasteiger partial charge in [-0.15, -0.1) is 0 Å². The summed E-state index contributed by atoms with van der Waals surface area (Å²) >= 11 is 0. The number of amides is 1. The zero-order valence-corrected chi connectivity index (χ0v) is 23.9. The Balaban J connectivity index is 1.86. The molecule has 41 heavy (non-hydrogen) atoms. The Morgan fingerprint density at radius 2 is 1.68 bits per heavy atom. The van der Waals surface area contributed by atoms with Crippen molar-refractivity contribution < 1.29 is 22.7 Å². The number of hydrogen-bond acceptors (Lipinski definition) is 5. The maximum atomic E-state index is 14.2. The summed E-state index contributed by atoms with van der Waals surface area (Å²) in [5.74, 6) is -0.337. The van der Waals surface area contributed by atoms with Crippen LogP contribution in [0.5, 0.6) is 5.75 Å². The van der Waals surface area contributed by atoms with E-state index in [1.54, 1.807) is 49.5 Å². The maximum Gasteiger partial charge on any atom is 0.245 e. The van der Waals surface area contributed by atoms with Gasteiger partial charge in [-0.05, 0) is 71.5 Å². The van der Waals surface area contributed by atoms with Gasteiger partial charge in [0.05, 0.1) is 11.4 Å². The lowest BCUT2D eigenvalue weighted by Crippen LogP contribution is -2.41. The van der Waals surface area contributed by atoms with Crippen LogP contribution in [0.3, 0.4) is 0 Å². The fourth-order valence-electron chi connectivity index (χ4n) is 5.41. The number of nitrogens with zero attached hydrogens (tertiary/aromatic N) is 2. The van der Waals surface area contributed by atoms with Gasteiger partial charge in [-0.1, -0.05) is 56.3 Å². The standard InChI is InChI=1S/C32H32FN3O4S/c1-21(2)16-25-19-36(24-8-5-4-6-9-24)30-17-28(26-10-7-11-29(32(26)38)34-20-37)27(22-12-14-23(33)15-13-22)18-31(30)41(39,40)35(25)3/h4-15,17-18,20-21,25,38H,16,19H2,1-3H3,(H,34,37)/t25-/m1/s1. The Morgan fingerprint density at radius 1 is 0.976 bits per heavy atom. The molecule has 7 nitrogen and oxygen atoms in total. The molecule has 1 amide bonds. The number of rotatable bonds is 7. The van der Waals surface area contributed by atoms with E-state index in [0.717, 1.165) is 5.69 Å². The Bertz CT molecular complexity index is 1680. The molecule has 9 heteroatoms. The number of nitrogens with one attached hydrogen (secondary N) is 1. The molecule has 0 radical (unpaired) electrons. The van der Waals surface area contributed by atoms with Gasteiger partial charge < -0.3 is 15.3 Å². The molecule has 212 valence electrons. The lowest BCUT2D eigenvalue weighted by molar-refractivity contribution is -0.105. The summed E-state index contributed by atoms with van der Waals surface area (Å²) in [5, 5.41) is 13.7. The van der Waals surface area contributed by atoms with Crippen molar-refractivity contribution in [1.29, 1.82) is 0 Å². The third kappa shape index (κ3) is 5.42. The van der Waals surface area contributed by atoms with Crippen LogP contribution in [0.25, 0.3) is 22.3 Å². The number of hydrogen-bond donors (Lipinski definition) is 2. The Hall–Kier alpha value is -4.21. The average Bonchev–Trinajstić information content (AvgIpc) is 3.03. The number of phenolic OH excluding ortho intramolecular Hbond substituents is 1. The minimum absolute atomic E-state index is 0.111. The number of likely N-dealkylation sites (N-methyl/N-ethyl adjacent to an activating group) is 1. The number of halogens is 1. The highest BCUT2D eigenvalue weighted by molar-refractivity contribution is 7.89. The van der Waals surface area contributed by atoms with E-state index >= 15 is 0 Å². The van der Waals surface area contributed by atoms with Gasteiger partial charge in [-0.25, -0.2) is 12.8 Å². The van der Waals surface area contributed by atoms with E-state index < -0.39 is 15.8 Å². The van der Waals surface area contributed by atoms with Crippen LogP contribution >= 0.6 is 0 Å². The third-order valence-electron chi connectivity index (χ3n) is 7.46. The molecule has 0 spiro atoms. The van der Waals surface area contributed by atoms with Crippen LogP contribution in [0.2, 0.25) is 0 Å². The largest absolute Gasteiger partial charge is 0.505 e. The predicted molar refractivity (Wildman–Crippen MR) is 160 cm³/mol. The summed E-state index contributed by atoms with van der Waals surface area (Å²) in [6.07, 6.45) is 1.13. The van der Waals surface area contributed by atoms with Crippen molar-refractivity contribution in [2.45, 2.75) is 31.2 Å². The van der Waals surface area contributed by atoms with Crippen molar-refractivity contribution in [2.24, 2.45) is 5.92 Å². The van der Waals surface area contributed by atoms with E-state index in [1.165, 1.54) is 16.4 Å². The van der Waals surface area contributed by atoms with Gasteiger partial charge >= 0.3 is 0 Å². The quantitative estimate of drug-likeness (QED) is 0.192. The number of carbonyl (C=O) groups excluding carboxylic acids is 1. The number of sulfonamides is 1. The summed E-state index contributed by atoms with van der Waals surface area (Å²) in [4.78, 5) is 13.3. The first-order valence-corrected chi connectivity index (χ1v) is 14.8. The normalized spacial score (nSPS) is 16.7. The molecule has 0 bridgehead atoms. The molecule has 1 aliphatic heterocycles. The minimum atomic E-state index is -3.96. The van der Waals surface area contributed by atoms with Gasteiger partial charge in [0, 0.05) is 30.9 Å². The van der Waals surface area contributed by atoms with E-state index in [-0.39, 0.29) is 28.3 Å². The molecular weight excluding hydrogens is 541 g/mol. The zero-order chi connectivity index (χ0) is 29.3. The SMILES string of the molecule is CC(C)C[C@@H]1CN(c2ccccc2)c2cc(-c3cccc(NC=O)c3O)c(-c3ccc(F)cc3)cc2S(=O)(=O)N1C. The third-order valence-corrected chi connectivity index (χ3v) is 9.40. The molecule has 0 unspecified atom stereocenters. The molecule has 0 saturated heterocycles. The van der Waals surface area contributed by atoms with Gasteiger partial charge in [-0.3, -0.25) is 4.79 Å². The van der Waals surface area contributed by atoms with Crippen molar-refractivity contribution in [1.82, 2.24) is 4.31 Å². The maximum absolute atomic E-state index is 14.2. The molecule has 5 rings (SSSR count). The summed E-state index contributed by atoms with van der Waals surface area (Å²) in [7, 11) is -2.34. The Labute approximate surface area is 239 Å². The molecule has 4 aromatic carbocycles. The van der Waals surface area contributed by atoms with Crippen LogP contribution < -0.4 is 10.2 Å². The molecule has 1 aliphatic rings. The van der Waals surface area contributed by atoms with E-state index in [4.69, 9.17) is 0 Å². The highest BCUT2D eigenvalue weighted by Gasteiger charge is 2.38. The van der Waals surface area contributed by atoms with Gasteiger partial charge in [0.15, 0.2) is 0 Å². The number of fused-ring (bicyclic) bond motifs is 1. The van der Waals surface area contributed by atoms with Gasteiger partial charge in [0.1, 0.15) is 16.5 Å². The molecule has 1 atom stereocenters. The first-order valence-electron chi connectivity index (χ1n) is 13.4. The van der Waals surface area contributed by atoms with E-state index in [2.05, 4.69) is 19.2 Å². The van der Waals surface area contributed by atoms with Crippen LogP contribution in [0.15, 0.2) is 89.8 Å². The van der Waals surface area contributed by atoms with Crippen LogP contribution in [-0.2, 0) is 14.8 Å². The van der Waals surface area contributed by atoms with Gasteiger partial charge in [-0.2, -0.15) is 4.31 Å². The van der Waals surface area contributed by atoms with Gasteiger partial charge in [0.2, 0.25) is 16.4 Å². The smallest absolute Gasteiger partial charge is 0.245 e. The number of carbonyl (C=O) groups is 1. The molecule has 2 N–H and O–H groups in total. The summed E-state index contributed by atoms with van der Waals surface area (Å²) in [6.45, 7) is 4.55. The zero-order valence-electron chi connectivity index (χ0n) is 23.1. The predicted octanol–water partition coefficient (Wildman–Crippen LogP) is 6.62. The van der Waals surface area contributed by atoms with Crippen LogP contribution in [0.1, 0.15) is 20.3 Å². The second kappa shape index (κ2) is 11.3. The molecule has 0 aromatic heterocycles. The lowest BCUT2D eigenvalue weighted by atomic mass is 9.92. The molecular formula is C32H32FN3O4S. The Kier molecular flexibility index (Phi) is 7.84. The monoisotopic (exact) mass is 573 g/mol.